The van der Waals surface area contributed by atoms with Gasteiger partial charge in [-0.25, -0.2) is 0 Å². The molecular formula is C18H28N2O. The summed E-state index contributed by atoms with van der Waals surface area (Å²) in [5, 5.41) is 3.67. The lowest BCUT2D eigenvalue weighted by molar-refractivity contribution is -0.128. The van der Waals surface area contributed by atoms with Crippen molar-refractivity contribution in [2.45, 2.75) is 45.6 Å². The Kier molecular flexibility index (Phi) is 6.24. The minimum Gasteiger partial charge on any atom is -0.341 e. The first kappa shape index (κ1) is 16.0. The van der Waals surface area contributed by atoms with Gasteiger partial charge in [0, 0.05) is 25.6 Å². The summed E-state index contributed by atoms with van der Waals surface area (Å²) in [5.41, 5.74) is 1.28. The highest BCUT2D eigenvalue weighted by Gasteiger charge is 2.24. The number of carbonyl (C=O) groups is 1. The Bertz CT molecular complexity index is 432. The Morgan fingerprint density at radius 1 is 1.29 bits per heavy atom. The van der Waals surface area contributed by atoms with E-state index in [1.54, 1.807) is 0 Å². The van der Waals surface area contributed by atoms with Crippen molar-refractivity contribution in [2.24, 2.45) is 5.92 Å². The van der Waals surface area contributed by atoms with Gasteiger partial charge in [0.25, 0.3) is 0 Å². The molecule has 0 saturated carbocycles. The summed E-state index contributed by atoms with van der Waals surface area (Å²) in [6.07, 6.45) is 4.20. The molecule has 1 aromatic rings. The molecule has 1 aromatic carbocycles. The Balaban J connectivity index is 1.98. The highest BCUT2D eigenvalue weighted by molar-refractivity contribution is 5.78. The second-order valence-electron chi connectivity index (χ2n) is 6.21. The number of carbonyl (C=O) groups excluding carboxylic acids is 1. The van der Waals surface area contributed by atoms with E-state index in [-0.39, 0.29) is 6.04 Å². The second-order valence-corrected chi connectivity index (χ2v) is 6.21. The van der Waals surface area contributed by atoms with Gasteiger partial charge in [0.05, 0.1) is 0 Å². The molecule has 2 rings (SSSR count). The summed E-state index contributed by atoms with van der Waals surface area (Å²) in [7, 11) is 0. The molecule has 0 bridgehead atoms. The number of nitrogens with zero attached hydrogens (tertiary/aromatic N) is 1. The lowest BCUT2D eigenvalue weighted by Crippen LogP contribution is -2.37. The van der Waals surface area contributed by atoms with Crippen molar-refractivity contribution in [3.8, 4) is 0 Å². The summed E-state index contributed by atoms with van der Waals surface area (Å²) >= 11 is 0. The van der Waals surface area contributed by atoms with Crippen LogP contribution in [0.1, 0.15) is 51.1 Å². The zero-order valence-corrected chi connectivity index (χ0v) is 13.3. The Morgan fingerprint density at radius 3 is 2.67 bits per heavy atom. The smallest absolute Gasteiger partial charge is 0.222 e. The van der Waals surface area contributed by atoms with Crippen LogP contribution in [0.2, 0.25) is 0 Å². The van der Waals surface area contributed by atoms with Gasteiger partial charge in [0.2, 0.25) is 5.91 Å². The van der Waals surface area contributed by atoms with E-state index in [0.717, 1.165) is 26.1 Å². The van der Waals surface area contributed by atoms with Gasteiger partial charge in [-0.05, 0) is 30.9 Å². The average molecular weight is 288 g/mol. The summed E-state index contributed by atoms with van der Waals surface area (Å²) < 4.78 is 0. The molecule has 1 N–H and O–H groups in total. The summed E-state index contributed by atoms with van der Waals surface area (Å²) in [6.45, 7) is 7.24. The number of hydrogen-bond donors (Lipinski definition) is 1. The minimum absolute atomic E-state index is 0.243. The normalized spacial score (nSPS) is 18.0. The van der Waals surface area contributed by atoms with Gasteiger partial charge < -0.3 is 10.2 Å². The third-order valence-electron chi connectivity index (χ3n) is 4.27. The topological polar surface area (TPSA) is 32.3 Å². The SMILES string of the molecule is CCC[C@H](C)CN[C@H](CN1CCCC1=O)c1ccccc1. The van der Waals surface area contributed by atoms with Gasteiger partial charge in [-0.3, -0.25) is 4.79 Å². The van der Waals surface area contributed by atoms with Crippen LogP contribution in [0.5, 0.6) is 0 Å². The zero-order valence-electron chi connectivity index (χ0n) is 13.3. The van der Waals surface area contributed by atoms with Crippen LogP contribution in [0.15, 0.2) is 30.3 Å². The number of hydrogen-bond acceptors (Lipinski definition) is 2. The van der Waals surface area contributed by atoms with E-state index in [9.17, 15) is 4.79 Å². The molecular weight excluding hydrogens is 260 g/mol. The molecule has 3 heteroatoms. The lowest BCUT2D eigenvalue weighted by atomic mass is 10.0. The standard InChI is InChI=1S/C18H28N2O/c1-3-8-15(2)13-19-17(16-9-5-4-6-10-16)14-20-12-7-11-18(20)21/h4-6,9-10,15,17,19H,3,7-8,11-14H2,1-2H3/t15-,17+/m0/s1. The molecule has 3 nitrogen and oxygen atoms in total. The molecule has 1 saturated heterocycles. The van der Waals surface area contributed by atoms with E-state index in [2.05, 4.69) is 43.4 Å². The maximum Gasteiger partial charge on any atom is 0.222 e. The fourth-order valence-corrected chi connectivity index (χ4v) is 3.03. The van der Waals surface area contributed by atoms with Gasteiger partial charge >= 0.3 is 0 Å². The highest BCUT2D eigenvalue weighted by Crippen LogP contribution is 2.19. The number of amides is 1. The van der Waals surface area contributed by atoms with Gasteiger partial charge in [0.1, 0.15) is 0 Å². The number of benzene rings is 1. The van der Waals surface area contributed by atoms with Gasteiger partial charge in [0.15, 0.2) is 0 Å². The van der Waals surface area contributed by atoms with Crippen molar-refractivity contribution in [2.75, 3.05) is 19.6 Å². The third-order valence-corrected chi connectivity index (χ3v) is 4.27. The second kappa shape index (κ2) is 8.18. The Morgan fingerprint density at radius 2 is 2.05 bits per heavy atom. The maximum atomic E-state index is 11.9. The van der Waals surface area contributed by atoms with E-state index in [0.29, 0.717) is 18.2 Å². The molecule has 0 spiro atoms. The first-order chi connectivity index (χ1) is 10.2. The predicted octanol–water partition coefficient (Wildman–Crippen LogP) is 3.38. The molecule has 0 aromatic heterocycles. The lowest BCUT2D eigenvalue weighted by Gasteiger charge is -2.26. The van der Waals surface area contributed by atoms with Crippen molar-refractivity contribution in [3.63, 3.8) is 0 Å². The van der Waals surface area contributed by atoms with Gasteiger partial charge in [-0.15, -0.1) is 0 Å². The average Bonchev–Trinajstić information content (AvgIpc) is 2.90. The first-order valence-corrected chi connectivity index (χ1v) is 8.26. The molecule has 0 aliphatic carbocycles. The van der Waals surface area contributed by atoms with Crippen molar-refractivity contribution in [3.05, 3.63) is 35.9 Å². The first-order valence-electron chi connectivity index (χ1n) is 8.26. The quantitative estimate of drug-likeness (QED) is 0.795. The number of likely N-dealkylation sites (tertiary alicyclic amines) is 1. The number of nitrogens with one attached hydrogen (secondary N) is 1. The van der Waals surface area contributed by atoms with E-state index in [1.807, 2.05) is 11.0 Å². The van der Waals surface area contributed by atoms with Crippen LogP contribution in [0.25, 0.3) is 0 Å². The fourth-order valence-electron chi connectivity index (χ4n) is 3.03. The van der Waals surface area contributed by atoms with Crippen LogP contribution in [-0.2, 0) is 4.79 Å². The van der Waals surface area contributed by atoms with Crippen LogP contribution in [-0.4, -0.2) is 30.4 Å². The zero-order chi connectivity index (χ0) is 15.1. The summed E-state index contributed by atoms with van der Waals surface area (Å²) in [4.78, 5) is 13.9. The molecule has 0 unspecified atom stereocenters. The molecule has 0 radical (unpaired) electrons. The summed E-state index contributed by atoms with van der Waals surface area (Å²) in [5.74, 6) is 0.981. The van der Waals surface area contributed by atoms with Crippen molar-refractivity contribution in [1.82, 2.24) is 10.2 Å². The maximum absolute atomic E-state index is 11.9. The highest BCUT2D eigenvalue weighted by atomic mass is 16.2. The predicted molar refractivity (Wildman–Crippen MR) is 87.1 cm³/mol. The molecule has 1 amide bonds. The molecule has 2 atom stereocenters. The van der Waals surface area contributed by atoms with Crippen molar-refractivity contribution >= 4 is 5.91 Å². The van der Waals surface area contributed by atoms with Crippen LogP contribution in [0, 0.1) is 5.92 Å². The molecule has 1 fully saturated rings. The molecule has 1 aliphatic heterocycles. The van der Waals surface area contributed by atoms with E-state index >= 15 is 0 Å². The fraction of sp³-hybridized carbons (Fsp3) is 0.611. The molecule has 116 valence electrons. The molecule has 1 aliphatic rings. The Labute approximate surface area is 128 Å². The van der Waals surface area contributed by atoms with Gasteiger partial charge in [-0.2, -0.15) is 0 Å². The Hall–Kier alpha value is -1.35. The number of rotatable bonds is 8. The van der Waals surface area contributed by atoms with Crippen molar-refractivity contribution in [1.29, 1.82) is 0 Å². The van der Waals surface area contributed by atoms with Crippen LogP contribution in [0.4, 0.5) is 0 Å². The third kappa shape index (κ3) is 4.85. The minimum atomic E-state index is 0.243. The van der Waals surface area contributed by atoms with Gasteiger partial charge in [-0.1, -0.05) is 50.6 Å². The van der Waals surface area contributed by atoms with Crippen molar-refractivity contribution < 1.29 is 4.79 Å². The monoisotopic (exact) mass is 288 g/mol. The largest absolute Gasteiger partial charge is 0.341 e. The van der Waals surface area contributed by atoms with E-state index in [1.165, 1.54) is 18.4 Å². The summed E-state index contributed by atoms with van der Waals surface area (Å²) in [6, 6.07) is 10.7. The van der Waals surface area contributed by atoms with Crippen LogP contribution < -0.4 is 5.32 Å². The van der Waals surface area contributed by atoms with E-state index < -0.39 is 0 Å². The van der Waals surface area contributed by atoms with E-state index in [4.69, 9.17) is 0 Å². The van der Waals surface area contributed by atoms with Crippen LogP contribution in [0.3, 0.4) is 0 Å². The molecule has 21 heavy (non-hydrogen) atoms. The molecule has 1 heterocycles. The van der Waals surface area contributed by atoms with Crippen LogP contribution >= 0.6 is 0 Å².